The van der Waals surface area contributed by atoms with Gasteiger partial charge in [0.2, 0.25) is 11.8 Å². The van der Waals surface area contributed by atoms with Gasteiger partial charge >= 0.3 is 5.69 Å². The first-order chi connectivity index (χ1) is 16.5. The largest absolute Gasteiger partial charge is 0.383 e. The minimum atomic E-state index is -0.742. The third-order valence-electron chi connectivity index (χ3n) is 6.36. The predicted octanol–water partition coefficient (Wildman–Crippen LogP) is 2.80. The van der Waals surface area contributed by atoms with Crippen LogP contribution in [0, 0.1) is 24.6 Å². The van der Waals surface area contributed by atoms with E-state index in [2.05, 4.69) is 4.98 Å². The van der Waals surface area contributed by atoms with Gasteiger partial charge in [-0.1, -0.05) is 33.3 Å². The lowest BCUT2D eigenvalue weighted by Crippen LogP contribution is -2.44. The van der Waals surface area contributed by atoms with Crippen LogP contribution in [0.15, 0.2) is 27.8 Å². The topological polar surface area (TPSA) is 121 Å². The number of H-pyrrole nitrogens is 1. The number of aromatic amines is 1. The molecular formula is C25H34FN5O4. The number of anilines is 3. The van der Waals surface area contributed by atoms with Gasteiger partial charge in [0.1, 0.15) is 11.6 Å². The van der Waals surface area contributed by atoms with Gasteiger partial charge < -0.3 is 15.5 Å². The molecule has 3 N–H and O–H groups in total. The Morgan fingerprint density at radius 2 is 2.00 bits per heavy atom. The second-order valence-electron chi connectivity index (χ2n) is 9.51. The minimum absolute atomic E-state index is 0.0611. The fraction of sp³-hybridized carbons (Fsp3) is 0.520. The molecule has 1 aromatic carbocycles. The third kappa shape index (κ3) is 5.63. The van der Waals surface area contributed by atoms with E-state index in [1.807, 2.05) is 20.8 Å². The van der Waals surface area contributed by atoms with Crippen LogP contribution in [0.25, 0.3) is 0 Å². The van der Waals surface area contributed by atoms with Crippen molar-refractivity contribution in [2.45, 2.75) is 59.9 Å². The summed E-state index contributed by atoms with van der Waals surface area (Å²) in [4.78, 5) is 56.7. The van der Waals surface area contributed by atoms with Crippen LogP contribution in [-0.4, -0.2) is 34.5 Å². The Bertz CT molecular complexity index is 1220. The number of nitrogens with one attached hydrogen (secondary N) is 1. The number of benzene rings is 1. The summed E-state index contributed by atoms with van der Waals surface area (Å²) in [7, 11) is 0. The van der Waals surface area contributed by atoms with Gasteiger partial charge in [-0.3, -0.25) is 23.9 Å². The lowest BCUT2D eigenvalue weighted by molar-refractivity contribution is -0.124. The van der Waals surface area contributed by atoms with Gasteiger partial charge in [-0.15, -0.1) is 0 Å². The van der Waals surface area contributed by atoms with Gasteiger partial charge in [0, 0.05) is 31.7 Å². The van der Waals surface area contributed by atoms with Gasteiger partial charge in [-0.25, -0.2) is 9.18 Å². The zero-order chi connectivity index (χ0) is 25.9. The predicted molar refractivity (Wildman–Crippen MR) is 134 cm³/mol. The van der Waals surface area contributed by atoms with Crippen molar-refractivity contribution in [1.29, 1.82) is 0 Å². The number of nitrogens with zero attached hydrogens (tertiary/aromatic N) is 3. The van der Waals surface area contributed by atoms with E-state index < -0.39 is 28.9 Å². The first-order valence-corrected chi connectivity index (χ1v) is 12.1. The summed E-state index contributed by atoms with van der Waals surface area (Å²) in [5.74, 6) is -1.73. The highest BCUT2D eigenvalue weighted by molar-refractivity contribution is 6.05. The molecule has 0 bridgehead atoms. The van der Waals surface area contributed by atoms with E-state index in [4.69, 9.17) is 5.73 Å². The monoisotopic (exact) mass is 487 g/mol. The summed E-state index contributed by atoms with van der Waals surface area (Å²) in [6, 6.07) is 4.51. The van der Waals surface area contributed by atoms with Crippen molar-refractivity contribution in [3.8, 4) is 0 Å². The number of hydrogen-bond donors (Lipinski definition) is 2. The Kier molecular flexibility index (Phi) is 8.14. The van der Waals surface area contributed by atoms with Crippen LogP contribution in [-0.2, 0) is 16.1 Å². The van der Waals surface area contributed by atoms with Crippen molar-refractivity contribution in [3.05, 3.63) is 50.4 Å². The van der Waals surface area contributed by atoms with Crippen LogP contribution in [0.2, 0.25) is 0 Å². The molecule has 0 saturated carbocycles. The number of hydrogen-bond acceptors (Lipinski definition) is 5. The van der Waals surface area contributed by atoms with Crippen LogP contribution in [0.1, 0.15) is 52.0 Å². The second-order valence-corrected chi connectivity index (χ2v) is 9.51. The Balaban J connectivity index is 1.97. The summed E-state index contributed by atoms with van der Waals surface area (Å²) >= 11 is 0. The molecule has 0 radical (unpaired) electrons. The SMILES string of the molecule is CCCCn1c(N)c(N(CCC(C)C)C(=O)C2CC(=O)N(c3ccc(C)c(F)c3)C2)c(=O)[nH]c1=O. The first-order valence-electron chi connectivity index (χ1n) is 12.1. The molecule has 2 heterocycles. The lowest BCUT2D eigenvalue weighted by atomic mass is 10.0. The highest BCUT2D eigenvalue weighted by atomic mass is 19.1. The van der Waals surface area contributed by atoms with Gasteiger partial charge in [0.05, 0.1) is 5.92 Å². The first kappa shape index (κ1) is 26.2. The van der Waals surface area contributed by atoms with Crippen LogP contribution >= 0.6 is 0 Å². The number of carbonyl (C=O) groups is 2. The summed E-state index contributed by atoms with van der Waals surface area (Å²) < 4.78 is 15.4. The standard InChI is InChI=1S/C25H34FN5O4/c1-5-6-10-30-22(27)21(23(33)28-25(30)35)29(11-9-15(2)3)24(34)17-12-20(32)31(14-17)18-8-7-16(4)19(26)13-18/h7-8,13,15,17H,5-6,9-12,14,27H2,1-4H3,(H,28,33,35). The molecule has 1 atom stereocenters. The fourth-order valence-corrected chi connectivity index (χ4v) is 4.19. The second kappa shape index (κ2) is 10.9. The van der Waals surface area contributed by atoms with E-state index >= 15 is 0 Å². The number of rotatable bonds is 9. The summed E-state index contributed by atoms with van der Waals surface area (Å²) in [5, 5.41) is 0. The van der Waals surface area contributed by atoms with Crippen molar-refractivity contribution in [2.75, 3.05) is 28.6 Å². The smallest absolute Gasteiger partial charge is 0.330 e. The molecule has 35 heavy (non-hydrogen) atoms. The molecule has 1 aliphatic heterocycles. The summed E-state index contributed by atoms with van der Waals surface area (Å²) in [6.07, 6.45) is 2.01. The average Bonchev–Trinajstić information content (AvgIpc) is 3.18. The molecule has 1 aliphatic rings. The van der Waals surface area contributed by atoms with E-state index in [1.165, 1.54) is 20.4 Å². The average molecular weight is 488 g/mol. The molecule has 1 aromatic heterocycles. The van der Waals surface area contributed by atoms with Crippen molar-refractivity contribution < 1.29 is 14.0 Å². The van der Waals surface area contributed by atoms with Crippen LogP contribution in [0.5, 0.6) is 0 Å². The molecule has 190 valence electrons. The zero-order valence-corrected chi connectivity index (χ0v) is 20.8. The molecule has 1 saturated heterocycles. The molecule has 2 aromatic rings. The molecule has 9 nitrogen and oxygen atoms in total. The van der Waals surface area contributed by atoms with E-state index in [9.17, 15) is 23.6 Å². The van der Waals surface area contributed by atoms with E-state index in [-0.39, 0.29) is 42.8 Å². The maximum Gasteiger partial charge on any atom is 0.330 e. The van der Waals surface area contributed by atoms with Gasteiger partial charge in [0.25, 0.3) is 5.56 Å². The zero-order valence-electron chi connectivity index (χ0n) is 20.8. The Labute approximate surface area is 203 Å². The lowest BCUT2D eigenvalue weighted by Gasteiger charge is -2.27. The number of aryl methyl sites for hydroxylation is 1. The van der Waals surface area contributed by atoms with Crippen molar-refractivity contribution in [2.24, 2.45) is 11.8 Å². The van der Waals surface area contributed by atoms with Gasteiger partial charge in [0.15, 0.2) is 5.69 Å². The Morgan fingerprint density at radius 3 is 2.63 bits per heavy atom. The number of aromatic nitrogens is 2. The van der Waals surface area contributed by atoms with E-state index in [0.717, 1.165) is 6.42 Å². The molecule has 10 heteroatoms. The molecule has 2 amide bonds. The summed E-state index contributed by atoms with van der Waals surface area (Å²) in [5.41, 5.74) is 5.69. The summed E-state index contributed by atoms with van der Waals surface area (Å²) in [6.45, 7) is 8.16. The van der Waals surface area contributed by atoms with Crippen LogP contribution in [0.4, 0.5) is 21.6 Å². The molecule has 1 fully saturated rings. The molecule has 3 rings (SSSR count). The van der Waals surface area contributed by atoms with Crippen molar-refractivity contribution in [3.63, 3.8) is 0 Å². The number of amides is 2. The normalized spacial score (nSPS) is 15.8. The van der Waals surface area contributed by atoms with Gasteiger partial charge in [-0.05, 0) is 43.4 Å². The fourth-order valence-electron chi connectivity index (χ4n) is 4.19. The molecule has 0 spiro atoms. The van der Waals surface area contributed by atoms with Crippen LogP contribution in [0.3, 0.4) is 0 Å². The maximum atomic E-state index is 14.1. The van der Waals surface area contributed by atoms with Gasteiger partial charge in [-0.2, -0.15) is 0 Å². The number of nitrogens with two attached hydrogens (primary N) is 1. The van der Waals surface area contributed by atoms with Crippen molar-refractivity contribution >= 4 is 29.0 Å². The molecule has 1 unspecified atom stereocenters. The Morgan fingerprint density at radius 1 is 1.29 bits per heavy atom. The van der Waals surface area contributed by atoms with Crippen LogP contribution < -0.4 is 26.8 Å². The Hall–Kier alpha value is -3.43. The highest BCUT2D eigenvalue weighted by Crippen LogP contribution is 2.30. The number of unbranched alkanes of at least 4 members (excludes halogenated alkanes) is 1. The molecular weight excluding hydrogens is 453 g/mol. The van der Waals surface area contributed by atoms with Crippen molar-refractivity contribution in [1.82, 2.24) is 9.55 Å². The highest BCUT2D eigenvalue weighted by Gasteiger charge is 2.39. The van der Waals surface area contributed by atoms with E-state index in [0.29, 0.717) is 30.6 Å². The third-order valence-corrected chi connectivity index (χ3v) is 6.36. The maximum absolute atomic E-state index is 14.1. The molecule has 0 aliphatic carbocycles. The van der Waals surface area contributed by atoms with E-state index in [1.54, 1.807) is 19.1 Å². The number of halogens is 1. The number of carbonyl (C=O) groups excluding carboxylic acids is 2. The number of nitrogen functional groups attached to an aromatic ring is 1. The quantitative estimate of drug-likeness (QED) is 0.563. The minimum Gasteiger partial charge on any atom is -0.383 e.